The number of ether oxygens (including phenoxy) is 1. The quantitative estimate of drug-likeness (QED) is 0.377. The number of hydrogen-bond donors (Lipinski definition) is 1. The van der Waals surface area contributed by atoms with Crippen molar-refractivity contribution in [2.45, 2.75) is 44.2 Å². The van der Waals surface area contributed by atoms with Crippen molar-refractivity contribution in [3.05, 3.63) is 35.9 Å². The van der Waals surface area contributed by atoms with E-state index in [9.17, 15) is 9.67 Å². The van der Waals surface area contributed by atoms with Gasteiger partial charge in [-0.05, 0) is 32.3 Å². The van der Waals surface area contributed by atoms with Crippen LogP contribution in [0.15, 0.2) is 30.3 Å². The van der Waals surface area contributed by atoms with Crippen molar-refractivity contribution in [3.63, 3.8) is 0 Å². The first-order valence-corrected chi connectivity index (χ1v) is 11.0. The molecule has 1 rings (SSSR count). The summed E-state index contributed by atoms with van der Waals surface area (Å²) in [5.74, 6) is 0. The predicted molar refractivity (Wildman–Crippen MR) is 99.8 cm³/mol. The van der Waals surface area contributed by atoms with Crippen LogP contribution < -0.4 is 0 Å². The van der Waals surface area contributed by atoms with E-state index in [0.717, 1.165) is 5.56 Å². The molecule has 0 saturated heterocycles. The molecular weight excluding hydrogens is 395 g/mol. The van der Waals surface area contributed by atoms with Gasteiger partial charge in [-0.1, -0.05) is 46.3 Å². The maximum Gasteiger partial charge on any atom is 0.333 e. The Hall–Kier alpha value is -0.230. The Balaban J connectivity index is 2.24. The normalized spacial score (nSPS) is 14.5. The Morgan fingerprint density at radius 3 is 2.33 bits per heavy atom. The summed E-state index contributed by atoms with van der Waals surface area (Å²) in [6, 6.07) is 9.98. The van der Waals surface area contributed by atoms with E-state index in [2.05, 4.69) is 15.9 Å². The zero-order valence-corrected chi connectivity index (χ0v) is 16.9. The first kappa shape index (κ1) is 21.8. The van der Waals surface area contributed by atoms with Crippen LogP contribution in [0.3, 0.4) is 0 Å². The maximum atomic E-state index is 12.4. The van der Waals surface area contributed by atoms with Crippen molar-refractivity contribution in [3.8, 4) is 0 Å². The van der Waals surface area contributed by atoms with E-state index in [1.54, 1.807) is 13.8 Å². The van der Waals surface area contributed by atoms with Crippen LogP contribution in [0.2, 0.25) is 0 Å². The molecule has 1 aromatic carbocycles. The molecule has 0 bridgehead atoms. The van der Waals surface area contributed by atoms with Crippen molar-refractivity contribution in [1.29, 1.82) is 0 Å². The molecule has 1 N–H and O–H groups in total. The molecule has 0 aliphatic heterocycles. The van der Waals surface area contributed by atoms with Crippen molar-refractivity contribution in [2.24, 2.45) is 0 Å². The standard InChI is InChI=1S/C17H28BrO5P/c1-3-22-24(20,23-4-2)14-17(19)11-10-16(18)13-21-12-15-8-6-5-7-9-15/h5-9,16-17,19H,3-4,10-14H2,1-2H3. The lowest BCUT2D eigenvalue weighted by atomic mass is 10.2. The predicted octanol–water partition coefficient (Wildman–Crippen LogP) is 4.37. The summed E-state index contributed by atoms with van der Waals surface area (Å²) >= 11 is 3.55. The Labute approximate surface area is 153 Å². The molecule has 0 fully saturated rings. The third-order valence-electron chi connectivity index (χ3n) is 3.31. The molecule has 0 radical (unpaired) electrons. The Bertz CT molecular complexity index is 475. The molecule has 0 heterocycles. The van der Waals surface area contributed by atoms with E-state index in [1.807, 2.05) is 30.3 Å². The Morgan fingerprint density at radius 2 is 1.75 bits per heavy atom. The third-order valence-corrected chi connectivity index (χ3v) is 6.20. The van der Waals surface area contributed by atoms with Gasteiger partial charge in [0.2, 0.25) is 0 Å². The molecule has 2 atom stereocenters. The molecule has 5 nitrogen and oxygen atoms in total. The third kappa shape index (κ3) is 9.30. The van der Waals surface area contributed by atoms with Gasteiger partial charge in [-0.15, -0.1) is 0 Å². The lowest BCUT2D eigenvalue weighted by molar-refractivity contribution is 0.115. The maximum absolute atomic E-state index is 12.4. The average molecular weight is 423 g/mol. The summed E-state index contributed by atoms with van der Waals surface area (Å²) in [5.41, 5.74) is 1.13. The monoisotopic (exact) mass is 422 g/mol. The van der Waals surface area contributed by atoms with Crippen LogP contribution >= 0.6 is 23.5 Å². The molecule has 1 aromatic rings. The van der Waals surface area contributed by atoms with E-state index >= 15 is 0 Å². The molecule has 0 amide bonds. The number of benzene rings is 1. The van der Waals surface area contributed by atoms with Crippen LogP contribution in [-0.4, -0.2) is 42.0 Å². The van der Waals surface area contributed by atoms with Crippen LogP contribution in [0.25, 0.3) is 0 Å². The number of aliphatic hydroxyl groups excluding tert-OH is 1. The fourth-order valence-corrected chi connectivity index (χ4v) is 4.44. The zero-order valence-electron chi connectivity index (χ0n) is 14.4. The highest BCUT2D eigenvalue weighted by Gasteiger charge is 2.27. The number of aliphatic hydroxyl groups is 1. The summed E-state index contributed by atoms with van der Waals surface area (Å²) in [5, 5.41) is 10.1. The summed E-state index contributed by atoms with van der Waals surface area (Å²) in [6.07, 6.45) is 0.533. The molecular formula is C17H28BrO5P. The summed E-state index contributed by atoms with van der Waals surface area (Å²) in [4.78, 5) is 0.134. The molecule has 0 aliphatic rings. The van der Waals surface area contributed by atoms with Gasteiger partial charge < -0.3 is 18.9 Å². The molecule has 0 aromatic heterocycles. The highest BCUT2D eigenvalue weighted by molar-refractivity contribution is 9.09. The van der Waals surface area contributed by atoms with Gasteiger partial charge in [-0.3, -0.25) is 4.57 Å². The van der Waals surface area contributed by atoms with E-state index in [-0.39, 0.29) is 11.0 Å². The van der Waals surface area contributed by atoms with E-state index < -0.39 is 13.7 Å². The Kier molecular flexibility index (Phi) is 11.1. The summed E-state index contributed by atoms with van der Waals surface area (Å²) in [7, 11) is -3.19. The van der Waals surface area contributed by atoms with Gasteiger partial charge in [0.15, 0.2) is 0 Å². The minimum absolute atomic E-state index is 0.0271. The lowest BCUT2D eigenvalue weighted by Gasteiger charge is -2.20. The van der Waals surface area contributed by atoms with Gasteiger partial charge in [0.05, 0.1) is 38.7 Å². The number of rotatable bonds is 13. The summed E-state index contributed by atoms with van der Waals surface area (Å²) < 4.78 is 28.4. The second kappa shape index (κ2) is 12.2. The van der Waals surface area contributed by atoms with Gasteiger partial charge in [0.1, 0.15) is 0 Å². The topological polar surface area (TPSA) is 65.0 Å². The van der Waals surface area contributed by atoms with Gasteiger partial charge in [0, 0.05) is 4.83 Å². The number of hydrogen-bond acceptors (Lipinski definition) is 5. The fraction of sp³-hybridized carbons (Fsp3) is 0.647. The second-order valence-corrected chi connectivity index (χ2v) is 8.86. The molecule has 0 saturated carbocycles. The fourth-order valence-electron chi connectivity index (χ4n) is 2.22. The van der Waals surface area contributed by atoms with Gasteiger partial charge in [0.25, 0.3) is 0 Å². The molecule has 2 unspecified atom stereocenters. The molecule has 0 spiro atoms. The minimum atomic E-state index is -3.19. The van der Waals surface area contributed by atoms with E-state index in [0.29, 0.717) is 39.3 Å². The van der Waals surface area contributed by atoms with Gasteiger partial charge >= 0.3 is 7.60 Å². The number of halogens is 1. The van der Waals surface area contributed by atoms with Gasteiger partial charge in [-0.2, -0.15) is 0 Å². The van der Waals surface area contributed by atoms with Crippen molar-refractivity contribution >= 4 is 23.5 Å². The van der Waals surface area contributed by atoms with Gasteiger partial charge in [-0.25, -0.2) is 0 Å². The zero-order chi connectivity index (χ0) is 17.8. The van der Waals surface area contributed by atoms with Crippen LogP contribution in [0, 0.1) is 0 Å². The number of alkyl halides is 1. The Morgan fingerprint density at radius 1 is 1.12 bits per heavy atom. The molecule has 7 heteroatoms. The average Bonchev–Trinajstić information content (AvgIpc) is 2.54. The van der Waals surface area contributed by atoms with Crippen LogP contribution in [0.5, 0.6) is 0 Å². The second-order valence-electron chi connectivity index (χ2n) is 5.46. The highest BCUT2D eigenvalue weighted by Crippen LogP contribution is 2.48. The van der Waals surface area contributed by atoms with Crippen LogP contribution in [-0.2, 0) is 25.0 Å². The highest BCUT2D eigenvalue weighted by atomic mass is 79.9. The SMILES string of the molecule is CCOP(=O)(CC(O)CCC(Br)COCc1ccccc1)OCC. The van der Waals surface area contributed by atoms with Crippen molar-refractivity contribution < 1.29 is 23.5 Å². The van der Waals surface area contributed by atoms with Crippen LogP contribution in [0.1, 0.15) is 32.3 Å². The summed E-state index contributed by atoms with van der Waals surface area (Å²) in [6.45, 7) is 5.25. The smallest absolute Gasteiger partial charge is 0.333 e. The van der Waals surface area contributed by atoms with E-state index in [1.165, 1.54) is 0 Å². The van der Waals surface area contributed by atoms with Crippen LogP contribution in [0.4, 0.5) is 0 Å². The lowest BCUT2D eigenvalue weighted by Crippen LogP contribution is -2.18. The first-order chi connectivity index (χ1) is 11.5. The van der Waals surface area contributed by atoms with E-state index in [4.69, 9.17) is 13.8 Å². The molecule has 138 valence electrons. The molecule has 24 heavy (non-hydrogen) atoms. The van der Waals surface area contributed by atoms with Crippen molar-refractivity contribution in [1.82, 2.24) is 0 Å². The largest absolute Gasteiger partial charge is 0.392 e. The molecule has 0 aliphatic carbocycles. The van der Waals surface area contributed by atoms with Crippen molar-refractivity contribution in [2.75, 3.05) is 26.0 Å². The first-order valence-electron chi connectivity index (χ1n) is 8.31. The minimum Gasteiger partial charge on any atom is -0.392 e.